The minimum Gasteiger partial charge on any atom is -0.351 e. The van der Waals surface area contributed by atoms with E-state index in [0.29, 0.717) is 13.2 Å². The second kappa shape index (κ2) is 5.58. The third-order valence-corrected chi connectivity index (χ3v) is 6.50. The molecule has 0 fully saturated rings. The quantitative estimate of drug-likeness (QED) is 0.528. The largest absolute Gasteiger partial charge is 0.351 e. The van der Waals surface area contributed by atoms with E-state index in [1.165, 1.54) is 0 Å². The van der Waals surface area contributed by atoms with Crippen LogP contribution in [-0.2, 0) is 25.1 Å². The summed E-state index contributed by atoms with van der Waals surface area (Å²) in [5, 5.41) is 0. The van der Waals surface area contributed by atoms with Gasteiger partial charge in [-0.3, -0.25) is 0 Å². The summed E-state index contributed by atoms with van der Waals surface area (Å²) >= 11 is 5.23. The molecule has 0 N–H and O–H groups in total. The van der Waals surface area contributed by atoms with E-state index >= 15 is 0 Å². The molecule has 0 bridgehead atoms. The molecule has 0 aliphatic carbocycles. The topological polar surface area (TPSA) is 27.7 Å². The molecule has 0 saturated heterocycles. The highest BCUT2D eigenvalue weighted by Gasteiger charge is 2.28. The normalized spacial score (nSPS) is 13.3. The van der Waals surface area contributed by atoms with E-state index in [1.54, 1.807) is 0 Å². The van der Waals surface area contributed by atoms with Crippen LogP contribution in [0.25, 0.3) is 0 Å². The fraction of sp³-hybridized carbons (Fsp3) is 1.00. The molecule has 0 atom stereocenters. The summed E-state index contributed by atoms with van der Waals surface area (Å²) in [6.07, 6.45) is 0. The van der Waals surface area contributed by atoms with E-state index in [2.05, 4.69) is 19.6 Å². The lowest BCUT2D eigenvalue weighted by atomic mass is 10.9. The zero-order valence-electron chi connectivity index (χ0n) is 8.99. The van der Waals surface area contributed by atoms with Crippen molar-refractivity contribution in [2.45, 2.75) is 33.5 Å². The van der Waals surface area contributed by atoms with Gasteiger partial charge in [-0.1, -0.05) is 0 Å². The zero-order chi connectivity index (χ0) is 10.5. The van der Waals surface area contributed by atoms with E-state index in [9.17, 15) is 0 Å². The molecule has 0 saturated carbocycles. The Hall–Kier alpha value is 0.747. The van der Waals surface area contributed by atoms with Gasteiger partial charge in [-0.25, -0.2) is 0 Å². The maximum absolute atomic E-state index is 5.73. The van der Waals surface area contributed by atoms with Gasteiger partial charge < -0.3 is 13.3 Å². The Morgan fingerprint density at radius 1 is 1.08 bits per heavy atom. The predicted octanol–water partition coefficient (Wildman–Crippen LogP) is 3.14. The van der Waals surface area contributed by atoms with Gasteiger partial charge in [0.2, 0.25) is 0 Å². The monoisotopic (exact) mass is 242 g/mol. The van der Waals surface area contributed by atoms with E-state index < -0.39 is 15.0 Å². The van der Waals surface area contributed by atoms with Gasteiger partial charge in [0, 0.05) is 0 Å². The average molecular weight is 242 g/mol. The first kappa shape index (κ1) is 13.7. The van der Waals surface area contributed by atoms with Gasteiger partial charge in [-0.05, 0) is 45.3 Å². The standard InChI is InChI=1S/C7H19O3PSSi/c1-6-8-11(12,9-7-2)10-13(3,4)5/h6-7H2,1-5H3. The Balaban J connectivity index is 4.33. The third-order valence-electron chi connectivity index (χ3n) is 0.960. The Morgan fingerprint density at radius 2 is 1.46 bits per heavy atom. The lowest BCUT2D eigenvalue weighted by molar-refractivity contribution is 0.216. The number of hydrogen-bond acceptors (Lipinski definition) is 4. The molecule has 0 radical (unpaired) electrons. The molecule has 0 aliphatic rings. The van der Waals surface area contributed by atoms with Crippen LogP contribution in [0.15, 0.2) is 0 Å². The summed E-state index contributed by atoms with van der Waals surface area (Å²) in [5.41, 5.74) is 0. The smallest absolute Gasteiger partial charge is 0.317 e. The minimum absolute atomic E-state index is 0.543. The van der Waals surface area contributed by atoms with Gasteiger partial charge in [0.05, 0.1) is 13.2 Å². The Bertz CT molecular complexity index is 183. The van der Waals surface area contributed by atoms with E-state index in [-0.39, 0.29) is 0 Å². The minimum atomic E-state index is -2.45. The van der Waals surface area contributed by atoms with Gasteiger partial charge in [-0.15, -0.1) is 0 Å². The molecule has 0 aromatic carbocycles. The maximum Gasteiger partial charge on any atom is 0.317 e. The lowest BCUT2D eigenvalue weighted by Gasteiger charge is -2.27. The van der Waals surface area contributed by atoms with Crippen molar-refractivity contribution >= 4 is 26.8 Å². The van der Waals surface area contributed by atoms with Gasteiger partial charge in [-0.2, -0.15) is 0 Å². The van der Waals surface area contributed by atoms with Gasteiger partial charge in [0.25, 0.3) is 0 Å². The van der Waals surface area contributed by atoms with E-state index in [0.717, 1.165) is 0 Å². The molecule has 80 valence electrons. The van der Waals surface area contributed by atoms with Crippen molar-refractivity contribution in [1.82, 2.24) is 0 Å². The highest BCUT2D eigenvalue weighted by Crippen LogP contribution is 2.51. The van der Waals surface area contributed by atoms with Gasteiger partial charge in [0.1, 0.15) is 0 Å². The Labute approximate surface area is 87.2 Å². The van der Waals surface area contributed by atoms with Gasteiger partial charge >= 0.3 is 6.72 Å². The van der Waals surface area contributed by atoms with Crippen molar-refractivity contribution < 1.29 is 13.3 Å². The fourth-order valence-corrected chi connectivity index (χ4v) is 7.20. The molecule has 13 heavy (non-hydrogen) atoms. The predicted molar refractivity (Wildman–Crippen MR) is 62.0 cm³/mol. The molecule has 0 aromatic rings. The summed E-state index contributed by atoms with van der Waals surface area (Å²) in [6.45, 7) is 8.66. The fourth-order valence-electron chi connectivity index (χ4n) is 0.742. The second-order valence-electron chi connectivity index (χ2n) is 3.49. The summed E-state index contributed by atoms with van der Waals surface area (Å²) in [5.74, 6) is 0. The van der Waals surface area contributed by atoms with Crippen molar-refractivity contribution in [2.24, 2.45) is 0 Å². The first-order valence-electron chi connectivity index (χ1n) is 4.43. The molecule has 6 heteroatoms. The highest BCUT2D eigenvalue weighted by molar-refractivity contribution is 8.08. The Morgan fingerprint density at radius 3 is 1.69 bits per heavy atom. The van der Waals surface area contributed by atoms with E-state index in [1.807, 2.05) is 13.8 Å². The lowest BCUT2D eigenvalue weighted by Crippen LogP contribution is -2.24. The van der Waals surface area contributed by atoms with Crippen LogP contribution in [0, 0.1) is 0 Å². The summed E-state index contributed by atoms with van der Waals surface area (Å²) in [7, 11) is -1.67. The van der Waals surface area contributed by atoms with E-state index in [4.69, 9.17) is 25.1 Å². The van der Waals surface area contributed by atoms with Crippen LogP contribution in [0.5, 0.6) is 0 Å². The van der Waals surface area contributed by atoms with Crippen LogP contribution in [0.2, 0.25) is 19.6 Å². The molecular formula is C7H19O3PSSi. The van der Waals surface area contributed by atoms with Crippen molar-refractivity contribution in [3.05, 3.63) is 0 Å². The second-order valence-corrected chi connectivity index (χ2v) is 11.2. The van der Waals surface area contributed by atoms with Crippen LogP contribution in [0.3, 0.4) is 0 Å². The van der Waals surface area contributed by atoms with Gasteiger partial charge in [0.15, 0.2) is 8.32 Å². The maximum atomic E-state index is 5.73. The zero-order valence-corrected chi connectivity index (χ0v) is 11.7. The van der Waals surface area contributed by atoms with Crippen LogP contribution >= 0.6 is 6.72 Å². The molecular weight excluding hydrogens is 223 g/mol. The molecule has 0 unspecified atom stereocenters. The van der Waals surface area contributed by atoms with Crippen LogP contribution in [0.1, 0.15) is 13.8 Å². The first-order chi connectivity index (χ1) is 5.83. The Kier molecular flexibility index (Phi) is 5.91. The molecule has 0 rings (SSSR count). The summed E-state index contributed by atoms with van der Waals surface area (Å²) in [4.78, 5) is 0. The molecule has 0 spiro atoms. The van der Waals surface area contributed by atoms with Crippen molar-refractivity contribution in [1.29, 1.82) is 0 Å². The molecule has 0 aliphatic heterocycles. The van der Waals surface area contributed by atoms with Crippen LogP contribution < -0.4 is 0 Å². The number of rotatable bonds is 6. The molecule has 0 heterocycles. The van der Waals surface area contributed by atoms with Crippen molar-refractivity contribution in [2.75, 3.05) is 13.2 Å². The van der Waals surface area contributed by atoms with Crippen molar-refractivity contribution in [3.63, 3.8) is 0 Å². The molecule has 3 nitrogen and oxygen atoms in total. The van der Waals surface area contributed by atoms with Crippen LogP contribution in [0.4, 0.5) is 0 Å². The first-order valence-corrected chi connectivity index (χ1v) is 10.4. The summed E-state index contributed by atoms with van der Waals surface area (Å²) in [6, 6.07) is 0. The van der Waals surface area contributed by atoms with Crippen molar-refractivity contribution in [3.8, 4) is 0 Å². The third kappa shape index (κ3) is 6.77. The average Bonchev–Trinajstić information content (AvgIpc) is 1.82. The summed E-state index contributed by atoms with van der Waals surface area (Å²) < 4.78 is 16.5. The highest BCUT2D eigenvalue weighted by atomic mass is 32.5. The molecule has 0 amide bonds. The number of hydrogen-bond donors (Lipinski definition) is 0. The van der Waals surface area contributed by atoms with Crippen LogP contribution in [-0.4, -0.2) is 21.5 Å². The molecule has 0 aromatic heterocycles. The SMILES string of the molecule is CCOP(=S)(OCC)O[Si](C)(C)C.